The minimum atomic E-state index is 0.328. The van der Waals surface area contributed by atoms with E-state index in [0.29, 0.717) is 22.5 Å². The number of hydrogen-bond acceptors (Lipinski definition) is 1. The largest absolute Gasteiger partial charge is 0.513 e. The number of aliphatic hydroxyl groups is 1. The summed E-state index contributed by atoms with van der Waals surface area (Å²) in [6.07, 6.45) is 17.4. The van der Waals surface area contributed by atoms with Crippen LogP contribution in [-0.2, 0) is 0 Å². The highest BCUT2D eigenvalue weighted by Crippen LogP contribution is 2.65. The van der Waals surface area contributed by atoms with Gasteiger partial charge < -0.3 is 5.11 Å². The number of rotatable bonds is 4. The fourth-order valence-electron chi connectivity index (χ4n) is 7.87. The third-order valence-electron chi connectivity index (χ3n) is 9.52. The minimum absolute atomic E-state index is 0.328. The molecule has 4 aliphatic rings. The van der Waals surface area contributed by atoms with Crippen LogP contribution < -0.4 is 0 Å². The monoisotopic (exact) mass is 382 g/mol. The summed E-state index contributed by atoms with van der Waals surface area (Å²) in [6.45, 7) is 12.2. The summed E-state index contributed by atoms with van der Waals surface area (Å²) in [5, 5.41) is 10.1. The quantitative estimate of drug-likeness (QED) is 0.486. The number of hydrogen-bond donors (Lipinski definition) is 1. The molecule has 1 nitrogen and oxygen atoms in total. The van der Waals surface area contributed by atoms with Crippen LogP contribution >= 0.6 is 0 Å². The highest BCUT2D eigenvalue weighted by atomic mass is 16.3. The van der Waals surface area contributed by atoms with E-state index in [1.54, 1.807) is 0 Å². The van der Waals surface area contributed by atoms with Crippen molar-refractivity contribution < 1.29 is 5.11 Å². The van der Waals surface area contributed by atoms with E-state index in [4.69, 9.17) is 0 Å². The topological polar surface area (TPSA) is 20.2 Å². The Morgan fingerprint density at radius 2 is 1.93 bits per heavy atom. The zero-order valence-electron chi connectivity index (χ0n) is 19.0. The maximum atomic E-state index is 10.1. The van der Waals surface area contributed by atoms with Crippen molar-refractivity contribution in [2.75, 3.05) is 0 Å². The maximum Gasteiger partial charge on any atom is 0.0886 e. The second-order valence-electron chi connectivity index (χ2n) is 11.3. The van der Waals surface area contributed by atoms with Gasteiger partial charge in [0.2, 0.25) is 0 Å². The lowest BCUT2D eigenvalue weighted by molar-refractivity contribution is 0.0812. The molecule has 28 heavy (non-hydrogen) atoms. The molecule has 1 N–H and O–H groups in total. The first-order valence-corrected chi connectivity index (χ1v) is 12.0. The molecule has 1 saturated carbocycles. The van der Waals surface area contributed by atoms with Crippen LogP contribution in [0, 0.1) is 34.5 Å². The van der Waals surface area contributed by atoms with E-state index in [1.165, 1.54) is 56.9 Å². The molecule has 0 saturated heterocycles. The smallest absolute Gasteiger partial charge is 0.0886 e. The van der Waals surface area contributed by atoms with E-state index in [2.05, 4.69) is 46.8 Å². The predicted octanol–water partition coefficient (Wildman–Crippen LogP) is 8.14. The fourth-order valence-corrected chi connectivity index (χ4v) is 7.87. The van der Waals surface area contributed by atoms with Crippen molar-refractivity contribution >= 4 is 0 Å². The van der Waals surface area contributed by atoms with Gasteiger partial charge in [0.05, 0.1) is 5.76 Å². The van der Waals surface area contributed by atoms with Crippen LogP contribution in [-0.4, -0.2) is 5.11 Å². The minimum Gasteiger partial charge on any atom is -0.513 e. The van der Waals surface area contributed by atoms with E-state index in [-0.39, 0.29) is 0 Å². The Kier molecular flexibility index (Phi) is 5.34. The average molecular weight is 383 g/mol. The summed E-state index contributed by atoms with van der Waals surface area (Å²) in [4.78, 5) is 0. The molecule has 1 fully saturated rings. The van der Waals surface area contributed by atoms with Gasteiger partial charge in [-0.15, -0.1) is 0 Å². The lowest BCUT2D eigenvalue weighted by Gasteiger charge is -2.53. The van der Waals surface area contributed by atoms with Crippen LogP contribution in [0.1, 0.15) is 98.8 Å². The van der Waals surface area contributed by atoms with E-state index < -0.39 is 0 Å². The van der Waals surface area contributed by atoms with E-state index in [1.807, 2.05) is 11.1 Å². The molecule has 4 aliphatic carbocycles. The first-order chi connectivity index (χ1) is 13.3. The van der Waals surface area contributed by atoms with Gasteiger partial charge in [0.1, 0.15) is 0 Å². The molecule has 156 valence electrons. The molecule has 0 unspecified atom stereocenters. The van der Waals surface area contributed by atoms with Crippen molar-refractivity contribution in [3.63, 3.8) is 0 Å². The Bertz CT molecular complexity index is 706. The van der Waals surface area contributed by atoms with E-state index in [9.17, 15) is 5.11 Å². The van der Waals surface area contributed by atoms with Gasteiger partial charge in [-0.25, -0.2) is 0 Å². The molecular weight excluding hydrogens is 340 g/mol. The summed E-state index contributed by atoms with van der Waals surface area (Å²) in [6, 6.07) is 0. The van der Waals surface area contributed by atoms with Crippen LogP contribution in [0.2, 0.25) is 0 Å². The van der Waals surface area contributed by atoms with Crippen LogP contribution in [0.3, 0.4) is 0 Å². The third-order valence-corrected chi connectivity index (χ3v) is 9.52. The zero-order valence-corrected chi connectivity index (χ0v) is 19.0. The van der Waals surface area contributed by atoms with Gasteiger partial charge in [-0.2, -0.15) is 0 Å². The maximum absolute atomic E-state index is 10.1. The summed E-state index contributed by atoms with van der Waals surface area (Å²) in [5.41, 5.74) is 6.02. The molecule has 0 aromatic carbocycles. The summed E-state index contributed by atoms with van der Waals surface area (Å²) in [7, 11) is 0. The van der Waals surface area contributed by atoms with Gasteiger partial charge in [0.25, 0.3) is 0 Å². The summed E-state index contributed by atoms with van der Waals surface area (Å²) < 4.78 is 0. The van der Waals surface area contributed by atoms with Gasteiger partial charge in [0, 0.05) is 6.42 Å². The number of aliphatic hydroxyl groups excluding tert-OH is 1. The van der Waals surface area contributed by atoms with Gasteiger partial charge >= 0.3 is 0 Å². The van der Waals surface area contributed by atoms with Crippen LogP contribution in [0.25, 0.3) is 0 Å². The van der Waals surface area contributed by atoms with Crippen molar-refractivity contribution in [2.24, 2.45) is 34.5 Å². The Labute approximate surface area is 173 Å². The molecule has 0 aromatic heterocycles. The molecule has 6 atom stereocenters. The molecule has 4 rings (SSSR count). The highest BCUT2D eigenvalue weighted by molar-refractivity contribution is 5.36. The predicted molar refractivity (Wildman–Crippen MR) is 119 cm³/mol. The summed E-state index contributed by atoms with van der Waals surface area (Å²) >= 11 is 0. The molecule has 0 amide bonds. The van der Waals surface area contributed by atoms with Crippen molar-refractivity contribution in [1.82, 2.24) is 0 Å². The van der Waals surface area contributed by atoms with Gasteiger partial charge in [0.15, 0.2) is 0 Å². The van der Waals surface area contributed by atoms with Crippen molar-refractivity contribution in [2.45, 2.75) is 98.8 Å². The molecule has 0 aliphatic heterocycles. The van der Waals surface area contributed by atoms with Crippen molar-refractivity contribution in [3.05, 3.63) is 34.6 Å². The fraction of sp³-hybridized carbons (Fsp3) is 0.778. The Balaban J connectivity index is 1.57. The third kappa shape index (κ3) is 3.21. The molecular formula is C27H42O. The Morgan fingerprint density at radius 3 is 2.68 bits per heavy atom. The SMILES string of the molecule is CC(C)=CCC[C@@H](C)[C@H]1CC[C@H]2C3=C(CC[C@]12C)[C@@]1(C)CCC(O)=C[C@@H]1CC3. The van der Waals surface area contributed by atoms with Gasteiger partial charge in [-0.1, -0.05) is 43.6 Å². The molecule has 1 heteroatoms. The normalized spacial score (nSPS) is 40.9. The Hall–Kier alpha value is -0.980. The molecule has 0 aromatic rings. The van der Waals surface area contributed by atoms with Gasteiger partial charge in [-0.05, 0) is 112 Å². The standard InChI is InChI=1S/C27H42O/c1-18(2)7-6-8-19(3)23-11-12-24-22-10-9-20-17-21(28)13-15-26(20,4)25(22)14-16-27(23,24)5/h7,17,19-20,23-24,28H,6,8-16H2,1-5H3/t19-,20+,23-,24+,26+,27-/m1/s1. The van der Waals surface area contributed by atoms with E-state index >= 15 is 0 Å². The number of allylic oxidation sites excluding steroid dienone is 6. The first-order valence-electron chi connectivity index (χ1n) is 12.0. The zero-order chi connectivity index (χ0) is 20.1. The van der Waals surface area contributed by atoms with Gasteiger partial charge in [-0.3, -0.25) is 0 Å². The molecule has 0 radical (unpaired) electrons. The van der Waals surface area contributed by atoms with Crippen LogP contribution in [0.15, 0.2) is 34.6 Å². The van der Waals surface area contributed by atoms with Crippen molar-refractivity contribution in [1.29, 1.82) is 0 Å². The highest BCUT2D eigenvalue weighted by Gasteiger charge is 2.55. The second-order valence-corrected chi connectivity index (χ2v) is 11.3. The van der Waals surface area contributed by atoms with E-state index in [0.717, 1.165) is 30.6 Å². The lowest BCUT2D eigenvalue weighted by Crippen LogP contribution is -2.43. The Morgan fingerprint density at radius 1 is 1.14 bits per heavy atom. The lowest BCUT2D eigenvalue weighted by atomic mass is 9.51. The summed E-state index contributed by atoms with van der Waals surface area (Å²) in [5.74, 6) is 3.81. The molecule has 0 heterocycles. The van der Waals surface area contributed by atoms with Crippen LogP contribution in [0.5, 0.6) is 0 Å². The average Bonchev–Trinajstić information content (AvgIpc) is 2.99. The second kappa shape index (κ2) is 7.37. The molecule has 0 spiro atoms. The first kappa shape index (κ1) is 20.3. The number of fused-ring (bicyclic) bond motifs is 4. The molecule has 0 bridgehead atoms. The van der Waals surface area contributed by atoms with Crippen molar-refractivity contribution in [3.8, 4) is 0 Å². The van der Waals surface area contributed by atoms with Crippen LogP contribution in [0.4, 0.5) is 0 Å².